The minimum absolute atomic E-state index is 0.486. The quantitative estimate of drug-likeness (QED) is 0.832. The number of piperidine rings is 1. The molecule has 2 rings (SSSR count). The van der Waals surface area contributed by atoms with Crippen molar-refractivity contribution in [2.24, 2.45) is 0 Å². The number of fused-ring (bicyclic) bond motifs is 2. The van der Waals surface area contributed by atoms with E-state index >= 15 is 0 Å². The predicted molar refractivity (Wildman–Crippen MR) is 74.5 cm³/mol. The molecule has 0 aromatic heterocycles. The van der Waals surface area contributed by atoms with Crippen molar-refractivity contribution in [3.63, 3.8) is 0 Å². The summed E-state index contributed by atoms with van der Waals surface area (Å²) in [5.74, 6) is 0. The van der Waals surface area contributed by atoms with Crippen molar-refractivity contribution < 1.29 is 8.42 Å². The van der Waals surface area contributed by atoms with Gasteiger partial charge in [-0.1, -0.05) is 0 Å². The summed E-state index contributed by atoms with van der Waals surface area (Å²) >= 11 is 0. The van der Waals surface area contributed by atoms with Gasteiger partial charge in [-0.05, 0) is 46.6 Å². The Hall–Kier alpha value is -0.130. The van der Waals surface area contributed by atoms with E-state index in [1.807, 2.05) is 0 Å². The van der Waals surface area contributed by atoms with E-state index < -0.39 is 14.6 Å². The van der Waals surface area contributed by atoms with Crippen molar-refractivity contribution in [1.29, 1.82) is 0 Å². The van der Waals surface area contributed by atoms with Gasteiger partial charge in [0.15, 0.2) is 9.84 Å². The maximum atomic E-state index is 11.7. The third kappa shape index (κ3) is 2.73. The van der Waals surface area contributed by atoms with Crippen molar-refractivity contribution in [2.45, 2.75) is 62.4 Å². The van der Waals surface area contributed by atoms with Crippen molar-refractivity contribution in [3.05, 3.63) is 0 Å². The number of nitrogens with one attached hydrogen (secondary N) is 1. The zero-order chi connectivity index (χ0) is 13.6. The van der Waals surface area contributed by atoms with Gasteiger partial charge in [-0.15, -0.1) is 0 Å². The standard InChI is InChI=1S/C13H26N2O2S/c1-13(2,18(4,16)17)9-14-10-7-11-5-6-12(8-10)15(11)3/h10-12,14H,5-9H2,1-4H3. The summed E-state index contributed by atoms with van der Waals surface area (Å²) in [6.07, 6.45) is 6.25. The van der Waals surface area contributed by atoms with Gasteiger partial charge in [0.25, 0.3) is 0 Å². The van der Waals surface area contributed by atoms with Gasteiger partial charge >= 0.3 is 0 Å². The summed E-state index contributed by atoms with van der Waals surface area (Å²) in [6.45, 7) is 4.16. The number of sulfone groups is 1. The number of hydrogen-bond acceptors (Lipinski definition) is 4. The molecular weight excluding hydrogens is 248 g/mol. The largest absolute Gasteiger partial charge is 0.312 e. The minimum Gasteiger partial charge on any atom is -0.312 e. The van der Waals surface area contributed by atoms with E-state index in [0.717, 1.165) is 12.8 Å². The maximum Gasteiger partial charge on any atom is 0.153 e. The molecule has 2 aliphatic heterocycles. The first-order valence-electron chi connectivity index (χ1n) is 6.85. The Bertz CT molecular complexity index is 391. The first-order valence-corrected chi connectivity index (χ1v) is 8.75. The van der Waals surface area contributed by atoms with Crippen molar-refractivity contribution in [2.75, 3.05) is 19.8 Å². The highest BCUT2D eigenvalue weighted by Crippen LogP contribution is 2.34. The molecule has 0 radical (unpaired) electrons. The summed E-state index contributed by atoms with van der Waals surface area (Å²) in [5.41, 5.74) is 0. The summed E-state index contributed by atoms with van der Waals surface area (Å²) < 4.78 is 22.7. The zero-order valence-electron chi connectivity index (χ0n) is 11.9. The van der Waals surface area contributed by atoms with Crippen LogP contribution in [0.4, 0.5) is 0 Å². The van der Waals surface area contributed by atoms with Gasteiger partial charge < -0.3 is 10.2 Å². The zero-order valence-corrected chi connectivity index (χ0v) is 12.8. The van der Waals surface area contributed by atoms with Gasteiger partial charge in [0, 0.05) is 30.9 Å². The Morgan fingerprint density at radius 3 is 2.17 bits per heavy atom. The lowest BCUT2D eigenvalue weighted by atomic mass is 9.97. The van der Waals surface area contributed by atoms with Crippen LogP contribution in [0.5, 0.6) is 0 Å². The van der Waals surface area contributed by atoms with Gasteiger partial charge in [-0.2, -0.15) is 0 Å². The lowest BCUT2D eigenvalue weighted by molar-refractivity contribution is 0.148. The SMILES string of the molecule is CN1C2CCC1CC(NCC(C)(C)S(C)(=O)=O)C2. The number of hydrogen-bond donors (Lipinski definition) is 1. The second-order valence-corrected chi connectivity index (χ2v) is 9.28. The summed E-state index contributed by atoms with van der Waals surface area (Å²) in [7, 11) is -0.777. The van der Waals surface area contributed by atoms with E-state index in [1.165, 1.54) is 19.1 Å². The Morgan fingerprint density at radius 2 is 1.72 bits per heavy atom. The van der Waals surface area contributed by atoms with E-state index in [2.05, 4.69) is 17.3 Å². The molecule has 0 aliphatic carbocycles. The third-order valence-corrected chi connectivity index (χ3v) is 7.07. The average molecular weight is 274 g/mol. The molecule has 18 heavy (non-hydrogen) atoms. The van der Waals surface area contributed by atoms with E-state index in [4.69, 9.17) is 0 Å². The summed E-state index contributed by atoms with van der Waals surface area (Å²) in [4.78, 5) is 2.50. The maximum absolute atomic E-state index is 11.7. The van der Waals surface area contributed by atoms with Gasteiger partial charge in [0.2, 0.25) is 0 Å². The van der Waals surface area contributed by atoms with E-state index in [-0.39, 0.29) is 0 Å². The average Bonchev–Trinajstić information content (AvgIpc) is 2.50. The van der Waals surface area contributed by atoms with Crippen LogP contribution < -0.4 is 5.32 Å². The van der Waals surface area contributed by atoms with Crippen LogP contribution in [0.25, 0.3) is 0 Å². The van der Waals surface area contributed by atoms with Crippen LogP contribution in [0.1, 0.15) is 39.5 Å². The molecule has 2 atom stereocenters. The van der Waals surface area contributed by atoms with Crippen LogP contribution in [0, 0.1) is 0 Å². The molecule has 2 aliphatic rings. The van der Waals surface area contributed by atoms with Gasteiger partial charge in [-0.3, -0.25) is 0 Å². The molecule has 5 heteroatoms. The van der Waals surface area contributed by atoms with Crippen molar-refractivity contribution in [1.82, 2.24) is 10.2 Å². The van der Waals surface area contributed by atoms with Crippen LogP contribution in [0.3, 0.4) is 0 Å². The second-order valence-electron chi connectivity index (χ2n) is 6.63. The molecule has 2 saturated heterocycles. The van der Waals surface area contributed by atoms with Crippen LogP contribution >= 0.6 is 0 Å². The first-order chi connectivity index (χ1) is 8.21. The van der Waals surface area contributed by atoms with E-state index in [1.54, 1.807) is 13.8 Å². The molecular formula is C13H26N2O2S. The van der Waals surface area contributed by atoms with Crippen LogP contribution in [0.2, 0.25) is 0 Å². The fraction of sp³-hybridized carbons (Fsp3) is 1.00. The highest BCUT2D eigenvalue weighted by molar-refractivity contribution is 7.92. The molecule has 1 N–H and O–H groups in total. The normalized spacial score (nSPS) is 33.9. The molecule has 2 heterocycles. The minimum atomic E-state index is -3.00. The highest BCUT2D eigenvalue weighted by Gasteiger charge is 2.39. The molecule has 0 amide bonds. The smallest absolute Gasteiger partial charge is 0.153 e. The summed E-state index contributed by atoms with van der Waals surface area (Å²) in [5, 5.41) is 3.48. The Kier molecular flexibility index (Phi) is 3.78. The second kappa shape index (κ2) is 4.76. The topological polar surface area (TPSA) is 49.4 Å². The van der Waals surface area contributed by atoms with E-state index in [0.29, 0.717) is 24.7 Å². The van der Waals surface area contributed by atoms with Gasteiger partial charge in [0.1, 0.15) is 0 Å². The molecule has 2 unspecified atom stereocenters. The lowest BCUT2D eigenvalue weighted by Crippen LogP contribution is -2.51. The first kappa shape index (κ1) is 14.3. The number of rotatable bonds is 4. The lowest BCUT2D eigenvalue weighted by Gasteiger charge is -2.38. The molecule has 2 bridgehead atoms. The monoisotopic (exact) mass is 274 g/mol. The Balaban J connectivity index is 1.89. The number of nitrogens with zero attached hydrogens (tertiary/aromatic N) is 1. The molecule has 0 spiro atoms. The van der Waals surface area contributed by atoms with Gasteiger partial charge in [0.05, 0.1) is 4.75 Å². The van der Waals surface area contributed by atoms with Crippen LogP contribution in [-0.4, -0.2) is 56.0 Å². The van der Waals surface area contributed by atoms with E-state index in [9.17, 15) is 8.42 Å². The molecule has 106 valence electrons. The van der Waals surface area contributed by atoms with Crippen LogP contribution in [0.15, 0.2) is 0 Å². The third-order valence-electron chi connectivity index (χ3n) is 4.92. The molecule has 0 aromatic rings. The predicted octanol–water partition coefficient (Wildman–Crippen LogP) is 1.02. The Labute approximate surface area is 111 Å². The van der Waals surface area contributed by atoms with Gasteiger partial charge in [-0.25, -0.2) is 8.42 Å². The molecule has 2 fully saturated rings. The fourth-order valence-corrected chi connectivity index (χ4v) is 3.44. The Morgan fingerprint density at radius 1 is 1.22 bits per heavy atom. The summed E-state index contributed by atoms with van der Waals surface area (Å²) in [6, 6.07) is 1.88. The van der Waals surface area contributed by atoms with Crippen molar-refractivity contribution >= 4 is 9.84 Å². The highest BCUT2D eigenvalue weighted by atomic mass is 32.2. The fourth-order valence-electron chi connectivity index (χ4n) is 3.10. The van der Waals surface area contributed by atoms with Crippen molar-refractivity contribution in [3.8, 4) is 0 Å². The molecule has 4 nitrogen and oxygen atoms in total. The molecule has 0 saturated carbocycles. The van der Waals surface area contributed by atoms with Crippen LogP contribution in [-0.2, 0) is 9.84 Å². The molecule has 0 aromatic carbocycles.